The van der Waals surface area contributed by atoms with Gasteiger partial charge >= 0.3 is 0 Å². The lowest BCUT2D eigenvalue weighted by Gasteiger charge is -2.21. The lowest BCUT2D eigenvalue weighted by Crippen LogP contribution is -2.36. The Morgan fingerprint density at radius 2 is 2.06 bits per heavy atom. The number of hydrogen-bond donors (Lipinski definition) is 2. The molecule has 0 spiro atoms. The maximum Gasteiger partial charge on any atom is 0.231 e. The molecule has 1 aromatic rings. The molecule has 4 nitrogen and oxygen atoms in total. The molecular weight excluding hydrogens is 298 g/mol. The smallest absolute Gasteiger partial charge is 0.231 e. The van der Waals surface area contributed by atoms with Crippen LogP contribution in [-0.2, 0) is 6.54 Å². The highest BCUT2D eigenvalue weighted by molar-refractivity contribution is 9.10. The molecule has 1 aliphatic heterocycles. The first-order chi connectivity index (χ1) is 8.52. The van der Waals surface area contributed by atoms with Crippen LogP contribution in [0.15, 0.2) is 16.6 Å². The number of halogens is 1. The highest BCUT2D eigenvalue weighted by atomic mass is 79.9. The van der Waals surface area contributed by atoms with Crippen molar-refractivity contribution in [2.45, 2.75) is 32.4 Å². The first kappa shape index (κ1) is 13.6. The Labute approximate surface area is 115 Å². The van der Waals surface area contributed by atoms with Crippen LogP contribution >= 0.6 is 15.9 Å². The summed E-state index contributed by atoms with van der Waals surface area (Å²) >= 11 is 3.51. The van der Waals surface area contributed by atoms with Gasteiger partial charge in [0, 0.05) is 17.6 Å². The molecule has 1 heterocycles. The summed E-state index contributed by atoms with van der Waals surface area (Å²) in [4.78, 5) is 0. The van der Waals surface area contributed by atoms with Crippen molar-refractivity contribution >= 4 is 15.9 Å². The van der Waals surface area contributed by atoms with Gasteiger partial charge in [-0.1, -0.05) is 22.9 Å². The van der Waals surface area contributed by atoms with E-state index in [1.54, 1.807) is 0 Å². The minimum atomic E-state index is -0.664. The van der Waals surface area contributed by atoms with Gasteiger partial charge in [-0.25, -0.2) is 0 Å². The molecule has 0 fully saturated rings. The molecule has 1 aliphatic rings. The molecule has 1 unspecified atom stereocenters. The van der Waals surface area contributed by atoms with Crippen molar-refractivity contribution < 1.29 is 14.6 Å². The average molecular weight is 316 g/mol. The van der Waals surface area contributed by atoms with Crippen LogP contribution in [0.1, 0.15) is 25.8 Å². The molecule has 2 N–H and O–H groups in total. The summed E-state index contributed by atoms with van der Waals surface area (Å²) < 4.78 is 11.6. The molecule has 5 heteroatoms. The van der Waals surface area contributed by atoms with Crippen molar-refractivity contribution in [1.82, 2.24) is 5.32 Å². The Hall–Kier alpha value is -0.780. The predicted molar refractivity (Wildman–Crippen MR) is 72.9 cm³/mol. The molecule has 18 heavy (non-hydrogen) atoms. The second-order valence-corrected chi connectivity index (χ2v) is 5.61. The molecule has 0 aromatic heterocycles. The monoisotopic (exact) mass is 315 g/mol. The zero-order valence-corrected chi connectivity index (χ0v) is 12.2. The zero-order chi connectivity index (χ0) is 13.2. The van der Waals surface area contributed by atoms with Crippen LogP contribution in [0.25, 0.3) is 0 Å². The number of hydrogen-bond acceptors (Lipinski definition) is 4. The van der Waals surface area contributed by atoms with E-state index < -0.39 is 5.60 Å². The molecule has 2 rings (SSSR count). The lowest BCUT2D eigenvalue weighted by atomic mass is 10.0. The molecule has 0 bridgehead atoms. The Balaban J connectivity index is 1.98. The largest absolute Gasteiger partial charge is 0.454 e. The molecule has 0 saturated carbocycles. The Morgan fingerprint density at radius 1 is 1.39 bits per heavy atom. The summed E-state index contributed by atoms with van der Waals surface area (Å²) in [5.74, 6) is 1.54. The third kappa shape index (κ3) is 3.16. The van der Waals surface area contributed by atoms with Crippen molar-refractivity contribution in [3.63, 3.8) is 0 Å². The van der Waals surface area contributed by atoms with Crippen LogP contribution < -0.4 is 14.8 Å². The van der Waals surface area contributed by atoms with E-state index in [-0.39, 0.29) is 6.79 Å². The fraction of sp³-hybridized carbons (Fsp3) is 0.538. The van der Waals surface area contributed by atoms with E-state index >= 15 is 0 Å². The van der Waals surface area contributed by atoms with Crippen molar-refractivity contribution in [2.75, 3.05) is 13.3 Å². The standard InChI is InChI=1S/C13H18BrNO3/c1-3-13(2,16)7-15-6-9-4-11-12(5-10(9)14)18-8-17-11/h4-5,15-16H,3,6-8H2,1-2H3. The number of benzene rings is 1. The van der Waals surface area contributed by atoms with E-state index in [0.717, 1.165) is 28.0 Å². The molecule has 1 atom stereocenters. The molecule has 100 valence electrons. The quantitative estimate of drug-likeness (QED) is 0.876. The molecule has 1 aromatic carbocycles. The van der Waals surface area contributed by atoms with Crippen LogP contribution in [0.2, 0.25) is 0 Å². The second kappa shape index (κ2) is 5.47. The van der Waals surface area contributed by atoms with Crippen molar-refractivity contribution in [1.29, 1.82) is 0 Å². The number of rotatable bonds is 5. The van der Waals surface area contributed by atoms with Crippen LogP contribution in [0, 0.1) is 0 Å². The van der Waals surface area contributed by atoms with Crippen LogP contribution in [0.3, 0.4) is 0 Å². The summed E-state index contributed by atoms with van der Waals surface area (Å²) in [5, 5.41) is 13.2. The van der Waals surface area contributed by atoms with Crippen molar-refractivity contribution in [2.24, 2.45) is 0 Å². The minimum absolute atomic E-state index is 0.281. The van der Waals surface area contributed by atoms with Gasteiger partial charge in [0.2, 0.25) is 6.79 Å². The summed E-state index contributed by atoms with van der Waals surface area (Å²) in [6, 6.07) is 3.87. The van der Waals surface area contributed by atoms with Gasteiger partial charge in [-0.15, -0.1) is 0 Å². The molecule has 0 radical (unpaired) electrons. The summed E-state index contributed by atoms with van der Waals surface area (Å²) in [7, 11) is 0. The van der Waals surface area contributed by atoms with Crippen LogP contribution in [-0.4, -0.2) is 24.0 Å². The molecule has 0 saturated heterocycles. The topological polar surface area (TPSA) is 50.7 Å². The Bertz CT molecular complexity index is 434. The third-order valence-corrected chi connectivity index (χ3v) is 3.86. The third-order valence-electron chi connectivity index (χ3n) is 3.12. The van der Waals surface area contributed by atoms with Crippen LogP contribution in [0.5, 0.6) is 11.5 Å². The number of nitrogens with one attached hydrogen (secondary N) is 1. The predicted octanol–water partition coefficient (Wildman–Crippen LogP) is 2.43. The van der Waals surface area contributed by atoms with Crippen molar-refractivity contribution in [3.8, 4) is 11.5 Å². The van der Waals surface area contributed by atoms with Crippen molar-refractivity contribution in [3.05, 3.63) is 22.2 Å². The zero-order valence-electron chi connectivity index (χ0n) is 10.6. The summed E-state index contributed by atoms with van der Waals surface area (Å²) in [6.45, 7) is 5.31. The van der Waals surface area contributed by atoms with E-state index in [0.29, 0.717) is 13.1 Å². The molecule has 0 aliphatic carbocycles. The minimum Gasteiger partial charge on any atom is -0.454 e. The van der Waals surface area contributed by atoms with Gasteiger partial charge in [-0.3, -0.25) is 0 Å². The normalized spacial score (nSPS) is 16.7. The Kier molecular flexibility index (Phi) is 4.14. The van der Waals surface area contributed by atoms with E-state index in [4.69, 9.17) is 9.47 Å². The average Bonchev–Trinajstić information content (AvgIpc) is 2.76. The SMILES string of the molecule is CCC(C)(O)CNCc1cc2c(cc1Br)OCO2. The van der Waals surface area contributed by atoms with Crippen LogP contribution in [0.4, 0.5) is 0 Å². The van der Waals surface area contributed by atoms with E-state index in [1.807, 2.05) is 26.0 Å². The number of ether oxygens (including phenoxy) is 2. The van der Waals surface area contributed by atoms with Gasteiger partial charge in [0.05, 0.1) is 5.60 Å². The summed E-state index contributed by atoms with van der Waals surface area (Å²) in [6.07, 6.45) is 0.725. The van der Waals surface area contributed by atoms with Gasteiger partial charge in [0.15, 0.2) is 11.5 Å². The first-order valence-electron chi connectivity index (χ1n) is 6.03. The van der Waals surface area contributed by atoms with E-state index in [2.05, 4.69) is 21.2 Å². The van der Waals surface area contributed by atoms with Gasteiger partial charge in [0.25, 0.3) is 0 Å². The maximum absolute atomic E-state index is 9.91. The maximum atomic E-state index is 9.91. The van der Waals surface area contributed by atoms with Gasteiger partial charge in [0.1, 0.15) is 0 Å². The van der Waals surface area contributed by atoms with Gasteiger partial charge < -0.3 is 19.9 Å². The Morgan fingerprint density at radius 3 is 2.72 bits per heavy atom. The fourth-order valence-corrected chi connectivity index (χ4v) is 2.15. The number of aliphatic hydroxyl groups is 1. The van der Waals surface area contributed by atoms with Gasteiger partial charge in [-0.05, 0) is 31.0 Å². The van der Waals surface area contributed by atoms with E-state index in [1.165, 1.54) is 0 Å². The second-order valence-electron chi connectivity index (χ2n) is 4.75. The fourth-order valence-electron chi connectivity index (χ4n) is 1.69. The summed E-state index contributed by atoms with van der Waals surface area (Å²) in [5.41, 5.74) is 0.425. The van der Waals surface area contributed by atoms with E-state index in [9.17, 15) is 5.11 Å². The lowest BCUT2D eigenvalue weighted by molar-refractivity contribution is 0.0555. The molecule has 0 amide bonds. The number of fused-ring (bicyclic) bond motifs is 1. The first-order valence-corrected chi connectivity index (χ1v) is 6.82. The highest BCUT2D eigenvalue weighted by Crippen LogP contribution is 2.36. The van der Waals surface area contributed by atoms with Gasteiger partial charge in [-0.2, -0.15) is 0 Å². The molecular formula is C13H18BrNO3. The highest BCUT2D eigenvalue weighted by Gasteiger charge is 2.18.